The molecule has 2 fully saturated rings. The van der Waals surface area contributed by atoms with Gasteiger partial charge in [0.25, 0.3) is 0 Å². The predicted molar refractivity (Wildman–Crippen MR) is 116 cm³/mol. The van der Waals surface area contributed by atoms with Crippen LogP contribution in [0.25, 0.3) is 0 Å². The monoisotopic (exact) mass is 488 g/mol. The molecule has 1 heterocycles. The minimum absolute atomic E-state index is 0.144. The van der Waals surface area contributed by atoms with Crippen molar-refractivity contribution >= 4 is 29.5 Å². The van der Waals surface area contributed by atoms with Crippen molar-refractivity contribution in [3.8, 4) is 0 Å². The number of nitrogens with one attached hydrogen (secondary N) is 1. The van der Waals surface area contributed by atoms with Gasteiger partial charge in [0.05, 0.1) is 5.92 Å². The molecule has 0 aromatic heterocycles. The quantitative estimate of drug-likeness (QED) is 0.540. The van der Waals surface area contributed by atoms with Crippen molar-refractivity contribution < 1.29 is 32.7 Å². The minimum Gasteiger partial charge on any atom is -0.480 e. The molecule has 0 radical (unpaired) electrons. The Kier molecular flexibility index (Phi) is 8.26. The van der Waals surface area contributed by atoms with Crippen LogP contribution in [0.2, 0.25) is 5.02 Å². The predicted octanol–water partition coefficient (Wildman–Crippen LogP) is 5.19. The van der Waals surface area contributed by atoms with E-state index in [1.807, 2.05) is 5.32 Å². The highest BCUT2D eigenvalue weighted by atomic mass is 35.5. The molecule has 0 spiro atoms. The Hall–Kier alpha value is -2.29. The van der Waals surface area contributed by atoms with E-state index in [0.29, 0.717) is 42.0 Å². The Labute approximate surface area is 195 Å². The van der Waals surface area contributed by atoms with Gasteiger partial charge in [-0.15, -0.1) is 0 Å². The average molecular weight is 489 g/mol. The van der Waals surface area contributed by atoms with E-state index in [1.54, 1.807) is 24.3 Å². The lowest BCUT2D eigenvalue weighted by molar-refractivity contribution is -0.172. The minimum atomic E-state index is -4.70. The van der Waals surface area contributed by atoms with Crippen molar-refractivity contribution in [2.75, 3.05) is 0 Å². The van der Waals surface area contributed by atoms with E-state index >= 15 is 0 Å². The first-order valence-corrected chi connectivity index (χ1v) is 11.6. The number of rotatable bonds is 6. The third-order valence-electron chi connectivity index (χ3n) is 6.57. The number of carboxylic acid groups (broad SMARTS) is 1. The summed E-state index contributed by atoms with van der Waals surface area (Å²) in [6, 6.07) is 1.96. The van der Waals surface area contributed by atoms with Crippen LogP contribution in [0.3, 0.4) is 0 Å². The van der Waals surface area contributed by atoms with Crippen molar-refractivity contribution in [2.24, 2.45) is 11.8 Å². The highest BCUT2D eigenvalue weighted by molar-refractivity contribution is 6.30. The lowest BCUT2D eigenvalue weighted by Gasteiger charge is -2.44. The maximum Gasteiger partial charge on any atom is 0.408 e. The number of carbonyl (C=O) groups is 3. The van der Waals surface area contributed by atoms with Crippen LogP contribution in [-0.2, 0) is 16.0 Å². The number of hydrogen-bond acceptors (Lipinski definition) is 3. The number of aliphatic carboxylic acids is 1. The van der Waals surface area contributed by atoms with Gasteiger partial charge in [-0.3, -0.25) is 4.79 Å². The molecule has 3 amide bonds. The molecule has 2 aliphatic rings. The number of alkyl halides is 3. The number of carbonyl (C=O) groups excluding carboxylic acids is 2. The Morgan fingerprint density at radius 2 is 1.79 bits per heavy atom. The van der Waals surface area contributed by atoms with Gasteiger partial charge < -0.3 is 10.4 Å². The van der Waals surface area contributed by atoms with E-state index in [-0.39, 0.29) is 6.42 Å². The molecule has 33 heavy (non-hydrogen) atoms. The van der Waals surface area contributed by atoms with Crippen LogP contribution >= 0.6 is 11.6 Å². The molecule has 3 rings (SSSR count). The number of urea groups is 1. The van der Waals surface area contributed by atoms with Gasteiger partial charge in [-0.25, -0.2) is 14.5 Å². The smallest absolute Gasteiger partial charge is 0.408 e. The molecular formula is C23H28ClF3N2O4. The fraction of sp³-hybridized carbons (Fsp3) is 0.609. The summed E-state index contributed by atoms with van der Waals surface area (Å²) in [6.07, 6.45) is 0.385. The number of halogens is 4. The molecule has 1 aromatic rings. The van der Waals surface area contributed by atoms with Crippen molar-refractivity contribution in [3.63, 3.8) is 0 Å². The Morgan fingerprint density at radius 3 is 2.36 bits per heavy atom. The molecule has 1 saturated heterocycles. The van der Waals surface area contributed by atoms with Gasteiger partial charge in [-0.1, -0.05) is 55.8 Å². The van der Waals surface area contributed by atoms with Gasteiger partial charge in [0.2, 0.25) is 5.91 Å². The Morgan fingerprint density at radius 1 is 1.15 bits per heavy atom. The van der Waals surface area contributed by atoms with Gasteiger partial charge in [0.15, 0.2) is 6.04 Å². The van der Waals surface area contributed by atoms with Crippen LogP contribution in [0, 0.1) is 11.8 Å². The number of aryl methyl sites for hydroxylation is 1. The maximum atomic E-state index is 13.8. The molecular weight excluding hydrogens is 461 g/mol. The molecule has 1 aromatic carbocycles. The fourth-order valence-corrected chi connectivity index (χ4v) is 5.06. The number of hydrogen-bond donors (Lipinski definition) is 2. The largest absolute Gasteiger partial charge is 0.480 e. The summed E-state index contributed by atoms with van der Waals surface area (Å²) in [4.78, 5) is 37.5. The molecule has 182 valence electrons. The standard InChI is InChI=1S/C23H28ClF3N2O4/c24-16-10-6-7-14(13-16)11-12-17-18(21(31)32)29(20(17)30)22(33)28-19(23(25,26)27)15-8-4-2-1-3-5-9-15/h6-7,10,13,15,17-19H,1-5,8-9,11-12H2,(H,28,33)(H,31,32)/t17-,18?,19?/m1/s1. The molecule has 10 heteroatoms. The summed E-state index contributed by atoms with van der Waals surface area (Å²) in [7, 11) is 0. The average Bonchev–Trinajstić information content (AvgIpc) is 2.69. The van der Waals surface area contributed by atoms with Crippen molar-refractivity contribution in [3.05, 3.63) is 34.9 Å². The van der Waals surface area contributed by atoms with E-state index in [1.165, 1.54) is 0 Å². The van der Waals surface area contributed by atoms with Crippen LogP contribution in [0.5, 0.6) is 0 Å². The summed E-state index contributed by atoms with van der Waals surface area (Å²) >= 11 is 5.93. The number of β-lactam (4-membered cyclic amide) rings is 1. The molecule has 1 aliphatic carbocycles. The molecule has 6 nitrogen and oxygen atoms in total. The van der Waals surface area contributed by atoms with Crippen LogP contribution in [0.15, 0.2) is 24.3 Å². The summed E-state index contributed by atoms with van der Waals surface area (Å²) in [6.45, 7) is 0. The summed E-state index contributed by atoms with van der Waals surface area (Å²) in [5, 5.41) is 12.0. The van der Waals surface area contributed by atoms with Crippen LogP contribution in [0.1, 0.15) is 56.9 Å². The second-order valence-corrected chi connectivity index (χ2v) is 9.28. The van der Waals surface area contributed by atoms with Gasteiger partial charge in [0, 0.05) is 5.02 Å². The zero-order valence-electron chi connectivity index (χ0n) is 18.1. The van der Waals surface area contributed by atoms with Gasteiger partial charge in [-0.2, -0.15) is 13.2 Å². The van der Waals surface area contributed by atoms with Crippen molar-refractivity contribution in [1.29, 1.82) is 0 Å². The third-order valence-corrected chi connectivity index (χ3v) is 6.81. The van der Waals surface area contributed by atoms with E-state index < -0.39 is 48.0 Å². The molecule has 3 atom stereocenters. The van der Waals surface area contributed by atoms with E-state index in [0.717, 1.165) is 24.8 Å². The number of likely N-dealkylation sites (tertiary alicyclic amines) is 1. The van der Waals surface area contributed by atoms with Crippen LogP contribution < -0.4 is 5.32 Å². The Bertz CT molecular complexity index is 872. The molecule has 2 N–H and O–H groups in total. The molecule has 1 saturated carbocycles. The SMILES string of the molecule is O=C(O)C1[C@@H](CCc2cccc(Cl)c2)C(=O)N1C(=O)NC(C1CCCCCCC1)C(F)(F)F. The van der Waals surface area contributed by atoms with Crippen LogP contribution in [0.4, 0.5) is 18.0 Å². The maximum absolute atomic E-state index is 13.8. The van der Waals surface area contributed by atoms with Gasteiger partial charge in [-0.05, 0) is 49.3 Å². The molecule has 1 aliphatic heterocycles. The first-order valence-electron chi connectivity index (χ1n) is 11.3. The van der Waals surface area contributed by atoms with Gasteiger partial charge in [0.1, 0.15) is 6.04 Å². The molecule has 0 bridgehead atoms. The number of nitrogens with zero attached hydrogens (tertiary/aromatic N) is 1. The zero-order chi connectivity index (χ0) is 24.2. The summed E-state index contributed by atoms with van der Waals surface area (Å²) < 4.78 is 41.4. The van der Waals surface area contributed by atoms with E-state index in [9.17, 15) is 32.7 Å². The number of carboxylic acids is 1. The third kappa shape index (κ3) is 6.19. The van der Waals surface area contributed by atoms with Gasteiger partial charge >= 0.3 is 18.2 Å². The fourth-order valence-electron chi connectivity index (χ4n) is 4.84. The van der Waals surface area contributed by atoms with Crippen molar-refractivity contribution in [2.45, 2.75) is 76.0 Å². The highest BCUT2D eigenvalue weighted by Crippen LogP contribution is 2.36. The normalized spacial score (nSPS) is 23.3. The van der Waals surface area contributed by atoms with Crippen molar-refractivity contribution in [1.82, 2.24) is 10.2 Å². The number of imide groups is 1. The summed E-state index contributed by atoms with van der Waals surface area (Å²) in [5.41, 5.74) is 0.795. The second-order valence-electron chi connectivity index (χ2n) is 8.84. The zero-order valence-corrected chi connectivity index (χ0v) is 18.9. The number of amides is 3. The van der Waals surface area contributed by atoms with E-state index in [4.69, 9.17) is 11.6 Å². The first kappa shape index (κ1) is 25.3. The summed E-state index contributed by atoms with van der Waals surface area (Å²) in [5.74, 6) is -3.98. The highest BCUT2D eigenvalue weighted by Gasteiger charge is 2.56. The topological polar surface area (TPSA) is 86.7 Å². The number of benzene rings is 1. The Balaban J connectivity index is 1.69. The first-order chi connectivity index (χ1) is 15.6. The lowest BCUT2D eigenvalue weighted by Crippen LogP contribution is -2.69. The molecule has 2 unspecified atom stereocenters. The second kappa shape index (κ2) is 10.8. The van der Waals surface area contributed by atoms with Crippen LogP contribution in [-0.4, -0.2) is 46.2 Å². The van der Waals surface area contributed by atoms with E-state index in [2.05, 4.69) is 0 Å². The lowest BCUT2D eigenvalue weighted by atomic mass is 9.82.